The van der Waals surface area contributed by atoms with Crippen molar-refractivity contribution in [2.45, 2.75) is 59.2 Å². The van der Waals surface area contributed by atoms with Crippen LogP contribution >= 0.6 is 0 Å². The van der Waals surface area contributed by atoms with E-state index < -0.39 is 17.8 Å². The first-order valence-electron chi connectivity index (χ1n) is 10.9. The molecule has 2 heterocycles. The Hall–Kier alpha value is -2.77. The standard InChI is InChI=1S/C24H30F3N3O2/c1-14-7-9-30(10-8-14)22-18(5-6-20(29-22)24(25,26)27)13-28-23(32)17(4)19-11-15(2)21(31)16(3)12-19/h5-6,11-12,14,17,31H,7-10,13H2,1-4H3,(H,28,32). The van der Waals surface area contributed by atoms with Crippen LogP contribution in [0.1, 0.15) is 60.6 Å². The predicted octanol–water partition coefficient (Wildman–Crippen LogP) is 5.08. The lowest BCUT2D eigenvalue weighted by molar-refractivity contribution is -0.141. The second kappa shape index (κ2) is 9.38. The molecule has 1 aliphatic rings. The highest BCUT2D eigenvalue weighted by atomic mass is 19.4. The van der Waals surface area contributed by atoms with Gasteiger partial charge in [0.05, 0.1) is 5.92 Å². The maximum atomic E-state index is 13.3. The molecule has 1 unspecified atom stereocenters. The normalized spacial score (nSPS) is 16.2. The molecule has 8 heteroatoms. The van der Waals surface area contributed by atoms with E-state index in [1.807, 2.05) is 4.90 Å². The molecule has 1 aliphatic heterocycles. The number of piperidine rings is 1. The molecule has 1 atom stereocenters. The van der Waals surface area contributed by atoms with Gasteiger partial charge in [0.2, 0.25) is 5.91 Å². The molecule has 1 fully saturated rings. The van der Waals surface area contributed by atoms with Crippen LogP contribution in [0.15, 0.2) is 24.3 Å². The largest absolute Gasteiger partial charge is 0.507 e. The van der Waals surface area contributed by atoms with Gasteiger partial charge in [-0.15, -0.1) is 0 Å². The van der Waals surface area contributed by atoms with Crippen LogP contribution < -0.4 is 10.2 Å². The smallest absolute Gasteiger partial charge is 0.433 e. The molecule has 2 N–H and O–H groups in total. The number of carbonyl (C=O) groups is 1. The van der Waals surface area contributed by atoms with Crippen molar-refractivity contribution in [1.29, 1.82) is 0 Å². The van der Waals surface area contributed by atoms with Gasteiger partial charge < -0.3 is 15.3 Å². The minimum absolute atomic E-state index is 0.0890. The molecule has 3 rings (SSSR count). The summed E-state index contributed by atoms with van der Waals surface area (Å²) in [5, 5.41) is 12.8. The van der Waals surface area contributed by atoms with Crippen molar-refractivity contribution < 1.29 is 23.1 Å². The zero-order valence-corrected chi connectivity index (χ0v) is 18.9. The number of aryl methyl sites for hydroxylation is 2. The van der Waals surface area contributed by atoms with Crippen molar-refractivity contribution in [3.63, 3.8) is 0 Å². The maximum Gasteiger partial charge on any atom is 0.433 e. The predicted molar refractivity (Wildman–Crippen MR) is 118 cm³/mol. The highest BCUT2D eigenvalue weighted by Crippen LogP contribution is 2.32. The topological polar surface area (TPSA) is 65.5 Å². The Bertz CT molecular complexity index is 960. The number of phenols is 1. The molecule has 2 aromatic rings. The summed E-state index contributed by atoms with van der Waals surface area (Å²) < 4.78 is 39.8. The van der Waals surface area contributed by atoms with Crippen molar-refractivity contribution in [3.8, 4) is 5.75 Å². The van der Waals surface area contributed by atoms with Gasteiger partial charge >= 0.3 is 6.18 Å². The minimum Gasteiger partial charge on any atom is -0.507 e. The van der Waals surface area contributed by atoms with Crippen LogP contribution in [0.4, 0.5) is 19.0 Å². The van der Waals surface area contributed by atoms with Crippen molar-refractivity contribution in [2.75, 3.05) is 18.0 Å². The second-order valence-electron chi connectivity index (χ2n) is 8.79. The molecule has 0 bridgehead atoms. The molecule has 1 saturated heterocycles. The quantitative estimate of drug-likeness (QED) is 0.668. The van der Waals surface area contributed by atoms with E-state index in [-0.39, 0.29) is 24.0 Å². The first-order chi connectivity index (χ1) is 15.0. The Morgan fingerprint density at radius 2 is 1.81 bits per heavy atom. The number of pyridine rings is 1. The Morgan fingerprint density at radius 3 is 2.38 bits per heavy atom. The summed E-state index contributed by atoms with van der Waals surface area (Å²) in [5.74, 6) is 0.300. The molecular formula is C24H30F3N3O2. The average molecular weight is 450 g/mol. The number of amides is 1. The monoisotopic (exact) mass is 449 g/mol. The van der Waals surface area contributed by atoms with Gasteiger partial charge in [0.1, 0.15) is 17.3 Å². The summed E-state index contributed by atoms with van der Waals surface area (Å²) in [7, 11) is 0. The van der Waals surface area contributed by atoms with Gasteiger partial charge in [-0.1, -0.05) is 25.1 Å². The SMILES string of the molecule is Cc1cc(C(C)C(=O)NCc2ccc(C(F)(F)F)nc2N2CCC(C)CC2)cc(C)c1O. The number of alkyl halides is 3. The minimum atomic E-state index is -4.53. The lowest BCUT2D eigenvalue weighted by Crippen LogP contribution is -2.35. The van der Waals surface area contributed by atoms with E-state index in [2.05, 4.69) is 17.2 Å². The van der Waals surface area contributed by atoms with Crippen LogP contribution in [-0.2, 0) is 17.5 Å². The Morgan fingerprint density at radius 1 is 1.22 bits per heavy atom. The molecule has 1 aromatic carbocycles. The lowest BCUT2D eigenvalue weighted by Gasteiger charge is -2.33. The molecule has 0 spiro atoms. The molecule has 1 amide bonds. The highest BCUT2D eigenvalue weighted by molar-refractivity contribution is 5.83. The summed E-state index contributed by atoms with van der Waals surface area (Å²) in [6.07, 6.45) is -2.75. The van der Waals surface area contributed by atoms with E-state index >= 15 is 0 Å². The zero-order chi connectivity index (χ0) is 23.6. The van der Waals surface area contributed by atoms with Crippen molar-refractivity contribution in [3.05, 3.63) is 52.2 Å². The average Bonchev–Trinajstić information content (AvgIpc) is 2.74. The highest BCUT2D eigenvalue weighted by Gasteiger charge is 2.34. The van der Waals surface area contributed by atoms with E-state index in [0.717, 1.165) is 24.5 Å². The van der Waals surface area contributed by atoms with E-state index in [4.69, 9.17) is 0 Å². The van der Waals surface area contributed by atoms with Crippen molar-refractivity contribution in [2.24, 2.45) is 5.92 Å². The summed E-state index contributed by atoms with van der Waals surface area (Å²) >= 11 is 0. The number of nitrogens with zero attached hydrogens (tertiary/aromatic N) is 2. The van der Waals surface area contributed by atoms with E-state index in [1.165, 1.54) is 6.07 Å². The molecule has 1 aromatic heterocycles. The van der Waals surface area contributed by atoms with Gasteiger partial charge in [-0.25, -0.2) is 4.98 Å². The zero-order valence-electron chi connectivity index (χ0n) is 18.9. The van der Waals surface area contributed by atoms with Crippen LogP contribution in [0.3, 0.4) is 0 Å². The Labute approximate surface area is 186 Å². The maximum absolute atomic E-state index is 13.3. The van der Waals surface area contributed by atoms with E-state index in [1.54, 1.807) is 32.9 Å². The van der Waals surface area contributed by atoms with Gasteiger partial charge in [-0.3, -0.25) is 4.79 Å². The lowest BCUT2D eigenvalue weighted by atomic mass is 9.95. The van der Waals surface area contributed by atoms with E-state index in [0.29, 0.717) is 35.7 Å². The Kier molecular flexibility index (Phi) is 7.00. The summed E-state index contributed by atoms with van der Waals surface area (Å²) in [4.78, 5) is 18.6. The third-order valence-corrected chi connectivity index (χ3v) is 6.19. The van der Waals surface area contributed by atoms with Gasteiger partial charge in [0.15, 0.2) is 0 Å². The number of phenolic OH excluding ortho intramolecular Hbond substituents is 1. The fraction of sp³-hybridized carbons (Fsp3) is 0.500. The third kappa shape index (κ3) is 5.34. The van der Waals surface area contributed by atoms with Gasteiger partial charge in [-0.2, -0.15) is 13.2 Å². The number of hydrogen-bond acceptors (Lipinski definition) is 4. The molecule has 0 radical (unpaired) electrons. The number of rotatable bonds is 5. The second-order valence-corrected chi connectivity index (χ2v) is 8.79. The molecule has 174 valence electrons. The molecule has 0 aliphatic carbocycles. The van der Waals surface area contributed by atoms with Crippen LogP contribution in [0.2, 0.25) is 0 Å². The first kappa shape index (κ1) is 23.9. The van der Waals surface area contributed by atoms with Crippen LogP contribution in [0.5, 0.6) is 5.75 Å². The number of anilines is 1. The van der Waals surface area contributed by atoms with Gasteiger partial charge in [0.25, 0.3) is 0 Å². The van der Waals surface area contributed by atoms with Crippen molar-refractivity contribution in [1.82, 2.24) is 10.3 Å². The van der Waals surface area contributed by atoms with Crippen LogP contribution in [0, 0.1) is 19.8 Å². The summed E-state index contributed by atoms with van der Waals surface area (Å²) in [6.45, 7) is 8.81. The number of aromatic hydroxyl groups is 1. The van der Waals surface area contributed by atoms with Crippen LogP contribution in [-0.4, -0.2) is 29.1 Å². The Balaban J connectivity index is 1.79. The number of carbonyl (C=O) groups excluding carboxylic acids is 1. The number of aromatic nitrogens is 1. The molecule has 0 saturated carbocycles. The fourth-order valence-corrected chi connectivity index (χ4v) is 3.99. The van der Waals surface area contributed by atoms with Gasteiger partial charge in [0, 0.05) is 25.2 Å². The van der Waals surface area contributed by atoms with Crippen molar-refractivity contribution >= 4 is 11.7 Å². The number of hydrogen-bond donors (Lipinski definition) is 2. The number of halogens is 3. The van der Waals surface area contributed by atoms with Crippen LogP contribution in [0.25, 0.3) is 0 Å². The number of nitrogens with one attached hydrogen (secondary N) is 1. The first-order valence-corrected chi connectivity index (χ1v) is 10.9. The van der Waals surface area contributed by atoms with Gasteiger partial charge in [-0.05, 0) is 62.3 Å². The summed E-state index contributed by atoms with van der Waals surface area (Å²) in [6, 6.07) is 5.91. The van der Waals surface area contributed by atoms with E-state index in [9.17, 15) is 23.1 Å². The molecule has 5 nitrogen and oxygen atoms in total. The third-order valence-electron chi connectivity index (χ3n) is 6.19. The fourth-order valence-electron chi connectivity index (χ4n) is 3.99. The number of benzene rings is 1. The summed E-state index contributed by atoms with van der Waals surface area (Å²) in [5.41, 5.74) is 1.78. The molecule has 32 heavy (non-hydrogen) atoms. The molecular weight excluding hydrogens is 419 g/mol.